The highest BCUT2D eigenvalue weighted by Gasteiger charge is 1.98. The van der Waals surface area contributed by atoms with E-state index < -0.39 is 0 Å². The van der Waals surface area contributed by atoms with Gasteiger partial charge in [-0.05, 0) is 38.3 Å². The molecule has 0 fully saturated rings. The molecule has 2 nitrogen and oxygen atoms in total. The molecule has 102 valence electrons. The molecular weight excluding hydrogens is 224 g/mol. The molecule has 0 saturated carbocycles. The molecule has 0 aromatic heterocycles. The van der Waals surface area contributed by atoms with Crippen LogP contribution in [-0.4, -0.2) is 18.8 Å². The number of benzene rings is 1. The molecule has 0 amide bonds. The van der Waals surface area contributed by atoms with E-state index in [1.807, 2.05) is 26.0 Å². The number of aliphatic hydroxyl groups excluding tert-OH is 1. The molecule has 1 rings (SSSR count). The fourth-order valence-corrected chi connectivity index (χ4v) is 1.57. The lowest BCUT2D eigenvalue weighted by Crippen LogP contribution is -1.87. The number of aliphatic hydroxyl groups is 1. The van der Waals surface area contributed by atoms with Crippen LogP contribution in [0.15, 0.2) is 24.3 Å². The van der Waals surface area contributed by atoms with Crippen molar-refractivity contribution in [1.29, 1.82) is 0 Å². The van der Waals surface area contributed by atoms with Gasteiger partial charge < -0.3 is 9.84 Å². The van der Waals surface area contributed by atoms with Crippen molar-refractivity contribution in [3.05, 3.63) is 35.4 Å². The minimum Gasteiger partial charge on any atom is -0.496 e. The Balaban J connectivity index is 0.00000137. The van der Waals surface area contributed by atoms with E-state index in [1.165, 1.54) is 5.56 Å². The quantitative estimate of drug-likeness (QED) is 0.766. The Hall–Kier alpha value is -1.28. The van der Waals surface area contributed by atoms with Crippen LogP contribution in [0.1, 0.15) is 44.2 Å². The molecule has 2 heteroatoms. The summed E-state index contributed by atoms with van der Waals surface area (Å²) in [6, 6.07) is 6.14. The van der Waals surface area contributed by atoms with Crippen molar-refractivity contribution in [2.75, 3.05) is 13.7 Å². The number of hydrogen-bond donors (Lipinski definition) is 1. The van der Waals surface area contributed by atoms with Crippen molar-refractivity contribution in [3.8, 4) is 5.75 Å². The fraction of sp³-hybridized carbons (Fsp3) is 0.500. The Labute approximate surface area is 111 Å². The average molecular weight is 250 g/mol. The minimum atomic E-state index is 0.279. The molecule has 1 aromatic carbocycles. The van der Waals surface area contributed by atoms with E-state index in [4.69, 9.17) is 9.84 Å². The second kappa shape index (κ2) is 10.8. The van der Waals surface area contributed by atoms with Crippen molar-refractivity contribution >= 4 is 6.08 Å². The molecule has 0 bridgehead atoms. The van der Waals surface area contributed by atoms with Gasteiger partial charge in [-0.1, -0.05) is 37.6 Å². The molecular formula is C16H26O2. The van der Waals surface area contributed by atoms with Crippen LogP contribution in [0.25, 0.3) is 6.08 Å². The number of aryl methyl sites for hydroxylation is 1. The van der Waals surface area contributed by atoms with Gasteiger partial charge in [0, 0.05) is 12.2 Å². The second-order valence-corrected chi connectivity index (χ2v) is 3.87. The Kier molecular flexibility index (Phi) is 10.1. The van der Waals surface area contributed by atoms with E-state index in [0.717, 1.165) is 30.6 Å². The van der Waals surface area contributed by atoms with Crippen LogP contribution in [0.3, 0.4) is 0 Å². The first-order chi connectivity index (χ1) is 8.77. The molecule has 0 radical (unpaired) electrons. The summed E-state index contributed by atoms with van der Waals surface area (Å²) in [4.78, 5) is 0. The van der Waals surface area contributed by atoms with E-state index in [-0.39, 0.29) is 6.61 Å². The van der Waals surface area contributed by atoms with E-state index >= 15 is 0 Å². The van der Waals surface area contributed by atoms with Gasteiger partial charge in [0.15, 0.2) is 0 Å². The lowest BCUT2D eigenvalue weighted by atomic mass is 10.1. The topological polar surface area (TPSA) is 29.5 Å². The van der Waals surface area contributed by atoms with Crippen LogP contribution in [0.2, 0.25) is 0 Å². The van der Waals surface area contributed by atoms with Crippen molar-refractivity contribution in [3.63, 3.8) is 0 Å². The second-order valence-electron chi connectivity index (χ2n) is 3.87. The van der Waals surface area contributed by atoms with Crippen LogP contribution in [0.4, 0.5) is 0 Å². The highest BCUT2D eigenvalue weighted by molar-refractivity contribution is 5.58. The molecule has 0 saturated heterocycles. The zero-order valence-corrected chi connectivity index (χ0v) is 12.1. The van der Waals surface area contributed by atoms with Crippen LogP contribution >= 0.6 is 0 Å². The highest BCUT2D eigenvalue weighted by Crippen LogP contribution is 2.21. The van der Waals surface area contributed by atoms with E-state index in [2.05, 4.69) is 25.1 Å². The number of allylic oxidation sites excluding steroid dienone is 1. The minimum absolute atomic E-state index is 0.279. The molecule has 0 aliphatic carbocycles. The summed E-state index contributed by atoms with van der Waals surface area (Å²) in [6.07, 6.45) is 7.12. The van der Waals surface area contributed by atoms with Crippen LogP contribution in [0.5, 0.6) is 5.75 Å². The van der Waals surface area contributed by atoms with Gasteiger partial charge in [0.25, 0.3) is 0 Å². The number of unbranched alkanes of at least 4 members (excludes halogenated alkanes) is 2. The predicted octanol–water partition coefficient (Wildman–Crippen LogP) is 4.21. The van der Waals surface area contributed by atoms with Gasteiger partial charge in [-0.2, -0.15) is 0 Å². The van der Waals surface area contributed by atoms with Gasteiger partial charge in [-0.15, -0.1) is 0 Å². The van der Waals surface area contributed by atoms with Crippen molar-refractivity contribution in [1.82, 2.24) is 0 Å². The SMILES string of the molecule is CC.COc1ccc(C)cc1/C=C/CCCCO. The van der Waals surface area contributed by atoms with Crippen LogP contribution in [-0.2, 0) is 0 Å². The van der Waals surface area contributed by atoms with Gasteiger partial charge in [-0.3, -0.25) is 0 Å². The van der Waals surface area contributed by atoms with Gasteiger partial charge in [0.05, 0.1) is 7.11 Å². The highest BCUT2D eigenvalue weighted by atomic mass is 16.5. The number of rotatable bonds is 6. The summed E-state index contributed by atoms with van der Waals surface area (Å²) in [5, 5.41) is 8.66. The Morgan fingerprint density at radius 2 is 1.94 bits per heavy atom. The zero-order valence-electron chi connectivity index (χ0n) is 12.1. The first-order valence-corrected chi connectivity index (χ1v) is 6.70. The molecule has 0 aliphatic heterocycles. The largest absolute Gasteiger partial charge is 0.496 e. The van der Waals surface area contributed by atoms with Gasteiger partial charge in [0.1, 0.15) is 5.75 Å². The third kappa shape index (κ3) is 6.45. The first-order valence-electron chi connectivity index (χ1n) is 6.70. The molecule has 0 atom stereocenters. The number of hydrogen-bond acceptors (Lipinski definition) is 2. The molecule has 1 N–H and O–H groups in total. The maximum atomic E-state index is 8.66. The summed E-state index contributed by atoms with van der Waals surface area (Å²) in [5.41, 5.74) is 2.35. The fourth-order valence-electron chi connectivity index (χ4n) is 1.57. The van der Waals surface area contributed by atoms with Gasteiger partial charge >= 0.3 is 0 Å². The maximum absolute atomic E-state index is 8.66. The molecule has 0 aliphatic rings. The van der Waals surface area contributed by atoms with Crippen LogP contribution in [0, 0.1) is 6.92 Å². The average Bonchev–Trinajstić information content (AvgIpc) is 2.41. The molecule has 0 spiro atoms. The number of methoxy groups -OCH3 is 1. The number of ether oxygens (including phenoxy) is 1. The first kappa shape index (κ1) is 16.7. The molecule has 0 heterocycles. The summed E-state index contributed by atoms with van der Waals surface area (Å²) in [7, 11) is 1.69. The Bertz CT molecular complexity index is 343. The Morgan fingerprint density at radius 3 is 2.56 bits per heavy atom. The Morgan fingerprint density at radius 1 is 1.22 bits per heavy atom. The van der Waals surface area contributed by atoms with Crippen molar-refractivity contribution < 1.29 is 9.84 Å². The van der Waals surface area contributed by atoms with E-state index in [9.17, 15) is 0 Å². The molecule has 18 heavy (non-hydrogen) atoms. The normalized spacial score (nSPS) is 10.1. The zero-order chi connectivity index (χ0) is 13.8. The van der Waals surface area contributed by atoms with E-state index in [0.29, 0.717) is 0 Å². The summed E-state index contributed by atoms with van der Waals surface area (Å²) in [5.74, 6) is 0.906. The summed E-state index contributed by atoms with van der Waals surface area (Å²) >= 11 is 0. The van der Waals surface area contributed by atoms with Gasteiger partial charge in [-0.25, -0.2) is 0 Å². The molecule has 1 aromatic rings. The van der Waals surface area contributed by atoms with Crippen molar-refractivity contribution in [2.24, 2.45) is 0 Å². The smallest absolute Gasteiger partial charge is 0.126 e. The third-order valence-electron chi connectivity index (χ3n) is 2.46. The third-order valence-corrected chi connectivity index (χ3v) is 2.46. The molecule has 0 unspecified atom stereocenters. The lowest BCUT2D eigenvalue weighted by molar-refractivity contribution is 0.285. The lowest BCUT2D eigenvalue weighted by Gasteiger charge is -2.05. The van der Waals surface area contributed by atoms with Crippen LogP contribution < -0.4 is 4.74 Å². The summed E-state index contributed by atoms with van der Waals surface area (Å²) < 4.78 is 5.29. The predicted molar refractivity (Wildman–Crippen MR) is 79.0 cm³/mol. The summed E-state index contributed by atoms with van der Waals surface area (Å²) in [6.45, 7) is 6.35. The van der Waals surface area contributed by atoms with E-state index in [1.54, 1.807) is 7.11 Å². The monoisotopic (exact) mass is 250 g/mol. The van der Waals surface area contributed by atoms with Crippen molar-refractivity contribution in [2.45, 2.75) is 40.0 Å². The van der Waals surface area contributed by atoms with Gasteiger partial charge in [0.2, 0.25) is 0 Å². The maximum Gasteiger partial charge on any atom is 0.126 e. The standard InChI is InChI=1S/C14H20O2.C2H6/c1-12-8-9-14(16-2)13(11-12)7-5-3-4-6-10-15;1-2/h5,7-9,11,15H,3-4,6,10H2,1-2H3;1-2H3/b7-5+;.